The molecule has 5 nitrogen and oxygen atoms in total. The van der Waals surface area contributed by atoms with E-state index in [0.29, 0.717) is 5.82 Å². The van der Waals surface area contributed by atoms with E-state index >= 15 is 0 Å². The van der Waals surface area contributed by atoms with Gasteiger partial charge in [-0.05, 0) is 12.1 Å². The van der Waals surface area contributed by atoms with E-state index in [0.717, 1.165) is 11.3 Å². The first-order valence-electron chi connectivity index (χ1n) is 5.50. The van der Waals surface area contributed by atoms with Gasteiger partial charge in [-0.2, -0.15) is 10.2 Å². The lowest BCUT2D eigenvalue weighted by atomic mass is 10.2. The van der Waals surface area contributed by atoms with Crippen LogP contribution in [0.1, 0.15) is 0 Å². The van der Waals surface area contributed by atoms with Crippen molar-refractivity contribution in [2.24, 2.45) is 0 Å². The fourth-order valence-corrected chi connectivity index (χ4v) is 1.68. The van der Waals surface area contributed by atoms with E-state index in [4.69, 9.17) is 0 Å². The number of aromatic amines is 1. The molecule has 2 aromatic heterocycles. The summed E-state index contributed by atoms with van der Waals surface area (Å²) in [5.41, 5.74) is 1.68. The quantitative estimate of drug-likeness (QED) is 0.738. The van der Waals surface area contributed by atoms with Gasteiger partial charge in [0, 0.05) is 17.8 Å². The van der Waals surface area contributed by atoms with Crippen LogP contribution in [-0.4, -0.2) is 20.0 Å². The van der Waals surface area contributed by atoms with Gasteiger partial charge in [0.05, 0.1) is 5.69 Å². The van der Waals surface area contributed by atoms with Crippen molar-refractivity contribution in [1.29, 1.82) is 0 Å². The van der Waals surface area contributed by atoms with Gasteiger partial charge in [0.2, 0.25) is 0 Å². The molecule has 0 aliphatic carbocycles. The molecule has 88 valence electrons. The summed E-state index contributed by atoms with van der Waals surface area (Å²) in [6, 6.07) is 14.8. The van der Waals surface area contributed by atoms with Gasteiger partial charge in [0.1, 0.15) is 0 Å². The highest BCUT2D eigenvalue weighted by Crippen LogP contribution is 2.16. The molecule has 0 amide bonds. The lowest BCUT2D eigenvalue weighted by molar-refractivity contribution is 0.809. The third-order valence-corrected chi connectivity index (χ3v) is 2.56. The molecule has 0 spiro atoms. The standard InChI is InChI=1S/C13H10N4O/c18-13-7-6-12(14-15-13)17-9-8-11(16-17)10-4-2-1-3-5-10/h1-9H,(H,15,18). The molecule has 0 fully saturated rings. The second-order valence-corrected chi connectivity index (χ2v) is 3.79. The van der Waals surface area contributed by atoms with Crippen molar-refractivity contribution in [3.8, 4) is 17.1 Å². The van der Waals surface area contributed by atoms with E-state index in [1.165, 1.54) is 6.07 Å². The molecule has 1 aromatic carbocycles. The molecule has 1 N–H and O–H groups in total. The average Bonchev–Trinajstić information content (AvgIpc) is 2.90. The van der Waals surface area contributed by atoms with Crippen LogP contribution < -0.4 is 5.56 Å². The van der Waals surface area contributed by atoms with E-state index in [1.807, 2.05) is 42.6 Å². The minimum atomic E-state index is -0.228. The highest BCUT2D eigenvalue weighted by atomic mass is 16.1. The van der Waals surface area contributed by atoms with Gasteiger partial charge in [0.15, 0.2) is 5.82 Å². The molecule has 5 heteroatoms. The van der Waals surface area contributed by atoms with Crippen molar-refractivity contribution >= 4 is 0 Å². The van der Waals surface area contributed by atoms with E-state index in [-0.39, 0.29) is 5.56 Å². The van der Waals surface area contributed by atoms with Crippen LogP contribution in [0.4, 0.5) is 0 Å². The zero-order valence-electron chi connectivity index (χ0n) is 9.45. The lowest BCUT2D eigenvalue weighted by Gasteiger charge is -1.98. The Morgan fingerprint density at radius 3 is 2.56 bits per heavy atom. The first kappa shape index (κ1) is 10.5. The fraction of sp³-hybridized carbons (Fsp3) is 0. The normalized spacial score (nSPS) is 10.4. The zero-order valence-corrected chi connectivity index (χ0v) is 9.45. The lowest BCUT2D eigenvalue weighted by Crippen LogP contribution is -2.09. The minimum Gasteiger partial charge on any atom is -0.268 e. The van der Waals surface area contributed by atoms with Crippen LogP contribution in [0.3, 0.4) is 0 Å². The van der Waals surface area contributed by atoms with Gasteiger partial charge in [-0.1, -0.05) is 30.3 Å². The number of benzene rings is 1. The molecule has 3 rings (SSSR count). The largest absolute Gasteiger partial charge is 0.268 e. The third-order valence-electron chi connectivity index (χ3n) is 2.56. The molecule has 0 saturated heterocycles. The SMILES string of the molecule is O=c1ccc(-n2ccc(-c3ccccc3)n2)n[nH]1. The number of hydrogen-bond acceptors (Lipinski definition) is 3. The molecular weight excluding hydrogens is 228 g/mol. The van der Waals surface area contributed by atoms with Crippen LogP contribution in [0.2, 0.25) is 0 Å². The van der Waals surface area contributed by atoms with Crippen molar-refractivity contribution < 1.29 is 0 Å². The van der Waals surface area contributed by atoms with Crippen LogP contribution in [-0.2, 0) is 0 Å². The minimum absolute atomic E-state index is 0.228. The van der Waals surface area contributed by atoms with Gasteiger partial charge < -0.3 is 0 Å². The molecule has 0 aliphatic rings. The van der Waals surface area contributed by atoms with Crippen molar-refractivity contribution in [1.82, 2.24) is 20.0 Å². The summed E-state index contributed by atoms with van der Waals surface area (Å²) < 4.78 is 1.62. The Morgan fingerprint density at radius 2 is 1.83 bits per heavy atom. The molecular formula is C13H10N4O. The number of H-pyrrole nitrogens is 1. The van der Waals surface area contributed by atoms with Gasteiger partial charge in [-0.25, -0.2) is 9.78 Å². The van der Waals surface area contributed by atoms with Crippen molar-refractivity contribution in [3.63, 3.8) is 0 Å². The van der Waals surface area contributed by atoms with E-state index in [1.54, 1.807) is 10.7 Å². The molecule has 0 bridgehead atoms. The van der Waals surface area contributed by atoms with Gasteiger partial charge in [-0.15, -0.1) is 0 Å². The summed E-state index contributed by atoms with van der Waals surface area (Å²) in [7, 11) is 0. The number of nitrogens with zero attached hydrogens (tertiary/aromatic N) is 3. The van der Waals surface area contributed by atoms with Crippen LogP contribution in [0.25, 0.3) is 17.1 Å². The first-order valence-corrected chi connectivity index (χ1v) is 5.50. The average molecular weight is 238 g/mol. The first-order chi connectivity index (χ1) is 8.83. The van der Waals surface area contributed by atoms with Crippen LogP contribution in [0.5, 0.6) is 0 Å². The number of rotatable bonds is 2. The van der Waals surface area contributed by atoms with E-state index in [2.05, 4.69) is 15.3 Å². The Balaban J connectivity index is 1.99. The van der Waals surface area contributed by atoms with Crippen LogP contribution >= 0.6 is 0 Å². The number of aromatic nitrogens is 4. The summed E-state index contributed by atoms with van der Waals surface area (Å²) in [4.78, 5) is 10.9. The molecule has 0 radical (unpaired) electrons. The third kappa shape index (κ3) is 1.93. The summed E-state index contributed by atoms with van der Waals surface area (Å²) in [5, 5.41) is 10.7. The Labute approximate surface area is 103 Å². The van der Waals surface area contributed by atoms with Gasteiger partial charge >= 0.3 is 0 Å². The van der Waals surface area contributed by atoms with Crippen LogP contribution in [0, 0.1) is 0 Å². The Kier molecular flexibility index (Phi) is 2.49. The summed E-state index contributed by atoms with van der Waals surface area (Å²) >= 11 is 0. The highest BCUT2D eigenvalue weighted by Gasteiger charge is 2.03. The molecule has 0 saturated carbocycles. The second kappa shape index (κ2) is 4.29. The van der Waals surface area contributed by atoms with Crippen molar-refractivity contribution in [3.05, 3.63) is 65.1 Å². The summed E-state index contributed by atoms with van der Waals surface area (Å²) in [6.07, 6.45) is 1.81. The van der Waals surface area contributed by atoms with Crippen molar-refractivity contribution in [2.45, 2.75) is 0 Å². The molecule has 2 heterocycles. The van der Waals surface area contributed by atoms with E-state index in [9.17, 15) is 4.79 Å². The molecule has 18 heavy (non-hydrogen) atoms. The predicted octanol–water partition coefficient (Wildman–Crippen LogP) is 1.62. The Morgan fingerprint density at radius 1 is 1.00 bits per heavy atom. The second-order valence-electron chi connectivity index (χ2n) is 3.79. The van der Waals surface area contributed by atoms with Crippen molar-refractivity contribution in [2.75, 3.05) is 0 Å². The van der Waals surface area contributed by atoms with Gasteiger partial charge in [-0.3, -0.25) is 4.79 Å². The Bertz CT molecular complexity index is 695. The Hall–Kier alpha value is -2.69. The monoisotopic (exact) mass is 238 g/mol. The van der Waals surface area contributed by atoms with Gasteiger partial charge in [0.25, 0.3) is 5.56 Å². The molecule has 3 aromatic rings. The summed E-state index contributed by atoms with van der Waals surface area (Å²) in [5.74, 6) is 0.580. The maximum Gasteiger partial charge on any atom is 0.264 e. The maximum atomic E-state index is 10.9. The maximum absolute atomic E-state index is 10.9. The smallest absolute Gasteiger partial charge is 0.264 e. The fourth-order valence-electron chi connectivity index (χ4n) is 1.68. The number of nitrogens with one attached hydrogen (secondary N) is 1. The molecule has 0 unspecified atom stereocenters. The molecule has 0 aliphatic heterocycles. The van der Waals surface area contributed by atoms with E-state index < -0.39 is 0 Å². The zero-order chi connectivity index (χ0) is 12.4. The number of hydrogen-bond donors (Lipinski definition) is 1. The predicted molar refractivity (Wildman–Crippen MR) is 67.4 cm³/mol. The topological polar surface area (TPSA) is 63.6 Å². The van der Waals surface area contributed by atoms with Crippen LogP contribution in [0.15, 0.2) is 59.5 Å². The molecule has 0 atom stereocenters. The summed E-state index contributed by atoms with van der Waals surface area (Å²) in [6.45, 7) is 0. The highest BCUT2D eigenvalue weighted by molar-refractivity contribution is 5.58.